The van der Waals surface area contributed by atoms with Crippen molar-refractivity contribution in [3.05, 3.63) is 54.6 Å². The molecule has 1 aliphatic heterocycles. The van der Waals surface area contributed by atoms with Crippen LogP contribution in [0, 0.1) is 0 Å². The quantitative estimate of drug-likeness (QED) is 0.851. The second-order valence-corrected chi connectivity index (χ2v) is 5.81. The van der Waals surface area contributed by atoms with Crippen LogP contribution in [0.25, 0.3) is 0 Å². The van der Waals surface area contributed by atoms with E-state index in [0.29, 0.717) is 13.0 Å². The highest BCUT2D eigenvalue weighted by molar-refractivity contribution is 6.78. The summed E-state index contributed by atoms with van der Waals surface area (Å²) >= 11 is 0. The van der Waals surface area contributed by atoms with E-state index in [4.69, 9.17) is 0 Å². The van der Waals surface area contributed by atoms with Gasteiger partial charge < -0.3 is 10.1 Å². The Morgan fingerprint density at radius 2 is 1.76 bits per heavy atom. The second-order valence-electron chi connectivity index (χ2n) is 5.81. The number of unbranched alkanes of at least 4 members (excludes halogenated alkanes) is 1. The first kappa shape index (κ1) is 14.1. The minimum absolute atomic E-state index is 0.309. The predicted octanol–water partition coefficient (Wildman–Crippen LogP) is 3.96. The molecule has 2 aromatic rings. The molecule has 1 heterocycles. The molecule has 3 rings (SSSR count). The van der Waals surface area contributed by atoms with Gasteiger partial charge in [-0.15, -0.1) is 0 Å². The molecule has 1 aliphatic rings. The van der Waals surface area contributed by atoms with Crippen LogP contribution in [-0.4, -0.2) is 13.0 Å². The normalized spacial score (nSPS) is 17.3. The van der Waals surface area contributed by atoms with Crippen LogP contribution in [0.3, 0.4) is 0 Å². The Kier molecular flexibility index (Phi) is 4.19. The molecular weight excluding hydrogens is 255 g/mol. The van der Waals surface area contributed by atoms with Gasteiger partial charge in [0.1, 0.15) is 0 Å². The average molecular weight is 278 g/mol. The third-order valence-corrected chi connectivity index (χ3v) is 4.32. The van der Waals surface area contributed by atoms with Gasteiger partial charge in [0, 0.05) is 11.4 Å². The van der Waals surface area contributed by atoms with Crippen LogP contribution in [-0.2, 0) is 0 Å². The summed E-state index contributed by atoms with van der Waals surface area (Å²) in [7, 11) is 0. The Labute approximate surface area is 128 Å². The summed E-state index contributed by atoms with van der Waals surface area (Å²) in [6.07, 6.45) is 4.01. The van der Waals surface area contributed by atoms with Gasteiger partial charge in [-0.2, -0.15) is 0 Å². The first-order valence-corrected chi connectivity index (χ1v) is 8.00. The van der Waals surface area contributed by atoms with Crippen molar-refractivity contribution in [1.82, 2.24) is 0 Å². The summed E-state index contributed by atoms with van der Waals surface area (Å²) in [5.41, 5.74) is 4.01. The largest absolute Gasteiger partial charge is 0.392 e. The van der Waals surface area contributed by atoms with Gasteiger partial charge in [-0.1, -0.05) is 56.2 Å². The van der Waals surface area contributed by atoms with Gasteiger partial charge in [-0.25, -0.2) is 0 Å². The SMILES string of the molecule is CCCCB1c2ccccc2NC(C)N1c1ccccc1. The van der Waals surface area contributed by atoms with Gasteiger partial charge in [0.05, 0.1) is 6.17 Å². The Morgan fingerprint density at radius 3 is 2.52 bits per heavy atom. The van der Waals surface area contributed by atoms with Crippen LogP contribution in [0.5, 0.6) is 0 Å². The molecule has 0 aromatic heterocycles. The lowest BCUT2D eigenvalue weighted by atomic mass is 9.49. The molecule has 0 fully saturated rings. The van der Waals surface area contributed by atoms with Gasteiger partial charge in [-0.05, 0) is 36.9 Å². The summed E-state index contributed by atoms with van der Waals surface area (Å²) in [5, 5.41) is 3.64. The van der Waals surface area contributed by atoms with Crippen LogP contribution in [0.15, 0.2) is 54.6 Å². The van der Waals surface area contributed by atoms with E-state index in [1.54, 1.807) is 0 Å². The highest BCUT2D eigenvalue weighted by atomic mass is 15.2. The second kappa shape index (κ2) is 6.25. The highest BCUT2D eigenvalue weighted by Gasteiger charge is 2.34. The molecule has 108 valence electrons. The molecule has 0 saturated heterocycles. The predicted molar refractivity (Wildman–Crippen MR) is 93.6 cm³/mol. The van der Waals surface area contributed by atoms with E-state index in [9.17, 15) is 0 Å². The number of anilines is 2. The molecule has 1 N–H and O–H groups in total. The lowest BCUT2D eigenvalue weighted by Crippen LogP contribution is -2.59. The number of para-hydroxylation sites is 2. The van der Waals surface area contributed by atoms with E-state index in [0.717, 1.165) is 0 Å². The number of benzene rings is 2. The Morgan fingerprint density at radius 1 is 1.05 bits per heavy atom. The van der Waals surface area contributed by atoms with Gasteiger partial charge in [0.25, 0.3) is 6.85 Å². The summed E-state index contributed by atoms with van der Waals surface area (Å²) in [6.45, 7) is 4.98. The number of rotatable bonds is 4. The van der Waals surface area contributed by atoms with Crippen molar-refractivity contribution in [2.45, 2.75) is 39.2 Å². The Bertz CT molecular complexity index is 585. The zero-order valence-electron chi connectivity index (χ0n) is 12.9. The van der Waals surface area contributed by atoms with Crippen molar-refractivity contribution >= 4 is 23.7 Å². The van der Waals surface area contributed by atoms with Crippen LogP contribution in [0.2, 0.25) is 6.32 Å². The fraction of sp³-hybridized carbons (Fsp3) is 0.333. The maximum absolute atomic E-state index is 3.64. The van der Waals surface area contributed by atoms with Crippen molar-refractivity contribution in [2.24, 2.45) is 0 Å². The maximum atomic E-state index is 3.64. The van der Waals surface area contributed by atoms with Crippen molar-refractivity contribution < 1.29 is 0 Å². The maximum Gasteiger partial charge on any atom is 0.292 e. The zero-order chi connectivity index (χ0) is 14.7. The smallest absolute Gasteiger partial charge is 0.292 e. The minimum atomic E-state index is 0.309. The lowest BCUT2D eigenvalue weighted by Gasteiger charge is -2.43. The van der Waals surface area contributed by atoms with Gasteiger partial charge in [0.15, 0.2) is 0 Å². The first-order valence-electron chi connectivity index (χ1n) is 8.00. The number of nitrogens with one attached hydrogen (secondary N) is 1. The number of hydrogen-bond donors (Lipinski definition) is 1. The van der Waals surface area contributed by atoms with Crippen molar-refractivity contribution in [3.63, 3.8) is 0 Å². The first-order chi connectivity index (χ1) is 10.3. The third-order valence-electron chi connectivity index (χ3n) is 4.32. The summed E-state index contributed by atoms with van der Waals surface area (Å²) < 4.78 is 0. The molecule has 2 aromatic carbocycles. The molecule has 3 heteroatoms. The minimum Gasteiger partial charge on any atom is -0.392 e. The summed E-state index contributed by atoms with van der Waals surface area (Å²) in [5.74, 6) is 0. The molecule has 1 unspecified atom stereocenters. The van der Waals surface area contributed by atoms with Crippen LogP contribution in [0.1, 0.15) is 26.7 Å². The van der Waals surface area contributed by atoms with Gasteiger partial charge in [0.2, 0.25) is 0 Å². The fourth-order valence-electron chi connectivity index (χ4n) is 3.33. The fourth-order valence-corrected chi connectivity index (χ4v) is 3.33. The van der Waals surface area contributed by atoms with Crippen LogP contribution in [0.4, 0.5) is 11.4 Å². The van der Waals surface area contributed by atoms with Crippen LogP contribution >= 0.6 is 0 Å². The molecular formula is C18H23BN2. The molecule has 0 bridgehead atoms. The molecule has 21 heavy (non-hydrogen) atoms. The zero-order valence-corrected chi connectivity index (χ0v) is 12.9. The van der Waals surface area contributed by atoms with Crippen LogP contribution < -0.4 is 15.6 Å². The number of hydrogen-bond acceptors (Lipinski definition) is 2. The molecule has 0 spiro atoms. The molecule has 2 nitrogen and oxygen atoms in total. The topological polar surface area (TPSA) is 15.3 Å². The van der Waals surface area contributed by atoms with Gasteiger partial charge >= 0.3 is 0 Å². The highest BCUT2D eigenvalue weighted by Crippen LogP contribution is 2.26. The van der Waals surface area contributed by atoms with Crippen molar-refractivity contribution in [1.29, 1.82) is 0 Å². The van der Waals surface area contributed by atoms with Crippen molar-refractivity contribution in [3.8, 4) is 0 Å². The Balaban J connectivity index is 2.01. The summed E-state index contributed by atoms with van der Waals surface area (Å²) in [6, 6.07) is 19.5. The molecule has 0 aliphatic carbocycles. The number of nitrogens with zero attached hydrogens (tertiary/aromatic N) is 1. The van der Waals surface area contributed by atoms with E-state index in [2.05, 4.69) is 78.6 Å². The van der Waals surface area contributed by atoms with Gasteiger partial charge in [-0.3, -0.25) is 0 Å². The van der Waals surface area contributed by atoms with Crippen molar-refractivity contribution in [2.75, 3.05) is 10.1 Å². The summed E-state index contributed by atoms with van der Waals surface area (Å²) in [4.78, 5) is 2.53. The van der Waals surface area contributed by atoms with E-state index >= 15 is 0 Å². The third kappa shape index (κ3) is 2.78. The molecule has 0 amide bonds. The Hall–Kier alpha value is -1.90. The molecule has 0 saturated carbocycles. The number of fused-ring (bicyclic) bond motifs is 1. The molecule has 0 radical (unpaired) electrons. The lowest BCUT2D eigenvalue weighted by molar-refractivity contribution is 0.804. The van der Waals surface area contributed by atoms with E-state index in [-0.39, 0.29) is 0 Å². The van der Waals surface area contributed by atoms with E-state index in [1.807, 2.05) is 0 Å². The average Bonchev–Trinajstić information content (AvgIpc) is 2.53. The standard InChI is InChI=1S/C18H23BN2/c1-3-4-14-19-17-12-8-9-13-18(17)20-15(2)21(19)16-10-6-5-7-11-16/h5-13,15,20H,3-4,14H2,1-2H3. The van der Waals surface area contributed by atoms with E-state index < -0.39 is 0 Å². The molecule has 1 atom stereocenters. The van der Waals surface area contributed by atoms with E-state index in [1.165, 1.54) is 36.0 Å². The monoisotopic (exact) mass is 278 g/mol.